The highest BCUT2D eigenvalue weighted by atomic mass is 16.5. The Morgan fingerprint density at radius 1 is 1.46 bits per heavy atom. The fourth-order valence-corrected chi connectivity index (χ4v) is 2.58. The number of hydrogen-bond donors (Lipinski definition) is 3. The zero-order valence-corrected chi connectivity index (χ0v) is 14.5. The second kappa shape index (κ2) is 7.70. The van der Waals surface area contributed by atoms with Crippen LogP contribution in [0.4, 0.5) is 4.79 Å². The summed E-state index contributed by atoms with van der Waals surface area (Å²) in [5, 5.41) is 13.0. The molecular formula is C17H27N3O4. The summed E-state index contributed by atoms with van der Waals surface area (Å²) in [4.78, 5) is 28.4. The minimum absolute atomic E-state index is 0.0830. The minimum Gasteiger partial charge on any atom is -0.449 e. The van der Waals surface area contributed by atoms with Crippen LogP contribution < -0.4 is 5.32 Å². The Morgan fingerprint density at radius 2 is 2.21 bits per heavy atom. The van der Waals surface area contributed by atoms with Gasteiger partial charge < -0.3 is 25.0 Å². The third kappa shape index (κ3) is 5.26. The molecule has 0 unspecified atom stereocenters. The van der Waals surface area contributed by atoms with E-state index in [-0.39, 0.29) is 23.8 Å². The minimum atomic E-state index is -0.666. The van der Waals surface area contributed by atoms with Gasteiger partial charge in [0.05, 0.1) is 12.7 Å². The van der Waals surface area contributed by atoms with Crippen LogP contribution >= 0.6 is 0 Å². The predicted molar refractivity (Wildman–Crippen MR) is 89.6 cm³/mol. The molecule has 1 aliphatic heterocycles. The third-order valence-corrected chi connectivity index (χ3v) is 3.98. The van der Waals surface area contributed by atoms with Crippen molar-refractivity contribution in [3.8, 4) is 0 Å². The molecule has 1 saturated heterocycles. The molecule has 0 saturated carbocycles. The highest BCUT2D eigenvalue weighted by Crippen LogP contribution is 2.19. The van der Waals surface area contributed by atoms with Gasteiger partial charge in [0.25, 0.3) is 5.91 Å². The van der Waals surface area contributed by atoms with E-state index in [9.17, 15) is 14.7 Å². The summed E-state index contributed by atoms with van der Waals surface area (Å²) in [6.07, 6.45) is 1.19. The van der Waals surface area contributed by atoms with Crippen LogP contribution in [0.2, 0.25) is 0 Å². The second-order valence-electron chi connectivity index (χ2n) is 7.47. The van der Waals surface area contributed by atoms with Crippen molar-refractivity contribution in [1.82, 2.24) is 15.2 Å². The van der Waals surface area contributed by atoms with E-state index in [4.69, 9.17) is 4.74 Å². The maximum Gasteiger partial charge on any atom is 0.407 e. The summed E-state index contributed by atoms with van der Waals surface area (Å²) in [7, 11) is 0. The SMILES string of the molecule is CC(C)(C)COC(=O)NC[C@H]1CCN(C(=O)c2ccc[nH]2)C[C@@H]1O. The number of aromatic amines is 1. The fourth-order valence-electron chi connectivity index (χ4n) is 2.58. The first-order valence-corrected chi connectivity index (χ1v) is 8.27. The van der Waals surface area contributed by atoms with Crippen molar-refractivity contribution in [1.29, 1.82) is 0 Å². The Hall–Kier alpha value is -2.02. The molecule has 2 amide bonds. The van der Waals surface area contributed by atoms with Gasteiger partial charge in [-0.2, -0.15) is 0 Å². The van der Waals surface area contributed by atoms with Gasteiger partial charge in [0, 0.05) is 31.7 Å². The van der Waals surface area contributed by atoms with E-state index in [1.54, 1.807) is 23.2 Å². The Kier molecular flexibility index (Phi) is 5.88. The van der Waals surface area contributed by atoms with E-state index < -0.39 is 12.2 Å². The molecule has 1 aromatic heterocycles. The monoisotopic (exact) mass is 337 g/mol. The van der Waals surface area contributed by atoms with Crippen LogP contribution in [-0.4, -0.2) is 59.3 Å². The number of rotatable bonds is 4. The lowest BCUT2D eigenvalue weighted by Crippen LogP contribution is -2.49. The van der Waals surface area contributed by atoms with Crippen molar-refractivity contribution >= 4 is 12.0 Å². The number of H-pyrrole nitrogens is 1. The molecule has 0 bridgehead atoms. The molecule has 0 aromatic carbocycles. The Balaban J connectivity index is 1.75. The Morgan fingerprint density at radius 3 is 2.79 bits per heavy atom. The highest BCUT2D eigenvalue weighted by Gasteiger charge is 2.31. The largest absolute Gasteiger partial charge is 0.449 e. The zero-order valence-electron chi connectivity index (χ0n) is 14.5. The van der Waals surface area contributed by atoms with Crippen molar-refractivity contribution in [2.75, 3.05) is 26.2 Å². The standard InChI is InChI=1S/C17H27N3O4/c1-17(2,3)11-24-16(23)19-9-12-6-8-20(10-14(12)21)15(22)13-5-4-7-18-13/h4-5,7,12,14,18,21H,6,8-11H2,1-3H3,(H,19,23)/t12-,14+/m1/s1. The fraction of sp³-hybridized carbons (Fsp3) is 0.647. The number of aromatic nitrogens is 1. The maximum absolute atomic E-state index is 12.3. The van der Waals surface area contributed by atoms with E-state index in [1.165, 1.54) is 0 Å². The summed E-state index contributed by atoms with van der Waals surface area (Å²) < 4.78 is 5.14. The normalized spacial score (nSPS) is 21.4. The summed E-state index contributed by atoms with van der Waals surface area (Å²) in [6, 6.07) is 3.48. The highest BCUT2D eigenvalue weighted by molar-refractivity contribution is 5.92. The van der Waals surface area contributed by atoms with Crippen LogP contribution in [0, 0.1) is 11.3 Å². The van der Waals surface area contributed by atoms with Crippen molar-refractivity contribution in [2.24, 2.45) is 11.3 Å². The van der Waals surface area contributed by atoms with Crippen LogP contribution in [0.25, 0.3) is 0 Å². The molecule has 0 aliphatic carbocycles. The average Bonchev–Trinajstić information content (AvgIpc) is 3.04. The van der Waals surface area contributed by atoms with Crippen molar-refractivity contribution in [2.45, 2.75) is 33.3 Å². The number of ether oxygens (including phenoxy) is 1. The summed E-state index contributed by atoms with van der Waals surface area (Å²) in [6.45, 7) is 7.46. The van der Waals surface area contributed by atoms with E-state index in [2.05, 4.69) is 10.3 Å². The molecule has 2 rings (SSSR count). The van der Waals surface area contributed by atoms with Crippen molar-refractivity contribution < 1.29 is 19.4 Å². The van der Waals surface area contributed by atoms with Gasteiger partial charge in [0.15, 0.2) is 0 Å². The van der Waals surface area contributed by atoms with Gasteiger partial charge in [0.1, 0.15) is 5.69 Å². The Labute approximate surface area is 142 Å². The molecule has 2 heterocycles. The van der Waals surface area contributed by atoms with Crippen LogP contribution in [0.15, 0.2) is 18.3 Å². The first kappa shape index (κ1) is 18.3. The number of nitrogens with zero attached hydrogens (tertiary/aromatic N) is 1. The quantitative estimate of drug-likeness (QED) is 0.778. The number of carbonyl (C=O) groups is 2. The molecule has 24 heavy (non-hydrogen) atoms. The van der Waals surface area contributed by atoms with Crippen LogP contribution in [0.1, 0.15) is 37.7 Å². The number of alkyl carbamates (subject to hydrolysis) is 1. The summed E-state index contributed by atoms with van der Waals surface area (Å²) >= 11 is 0. The van der Waals surface area contributed by atoms with Crippen molar-refractivity contribution in [3.63, 3.8) is 0 Å². The van der Waals surface area contributed by atoms with Gasteiger partial charge >= 0.3 is 6.09 Å². The molecule has 2 atom stereocenters. The number of amides is 2. The molecule has 1 aromatic rings. The number of likely N-dealkylation sites (tertiary alicyclic amines) is 1. The van der Waals surface area contributed by atoms with Gasteiger partial charge in [-0.25, -0.2) is 4.79 Å². The lowest BCUT2D eigenvalue weighted by molar-refractivity contribution is 0.0188. The number of β-amino-alcohol motifs (C(OH)–C–C–N with tert-alkyl or cyclic N) is 1. The smallest absolute Gasteiger partial charge is 0.407 e. The van der Waals surface area contributed by atoms with E-state index in [0.29, 0.717) is 31.8 Å². The molecule has 1 aliphatic rings. The van der Waals surface area contributed by atoms with Crippen LogP contribution in [0.5, 0.6) is 0 Å². The Bertz CT molecular complexity index is 551. The van der Waals surface area contributed by atoms with E-state index in [0.717, 1.165) is 0 Å². The third-order valence-electron chi connectivity index (χ3n) is 3.98. The van der Waals surface area contributed by atoms with Crippen LogP contribution in [-0.2, 0) is 4.74 Å². The molecule has 0 spiro atoms. The van der Waals surface area contributed by atoms with Gasteiger partial charge in [-0.05, 0) is 24.0 Å². The van der Waals surface area contributed by atoms with E-state index >= 15 is 0 Å². The zero-order chi connectivity index (χ0) is 17.7. The van der Waals surface area contributed by atoms with Gasteiger partial charge in [-0.15, -0.1) is 0 Å². The molecule has 3 N–H and O–H groups in total. The molecule has 7 heteroatoms. The maximum atomic E-state index is 12.3. The van der Waals surface area contributed by atoms with Crippen LogP contribution in [0.3, 0.4) is 0 Å². The molecule has 1 fully saturated rings. The van der Waals surface area contributed by atoms with Gasteiger partial charge in [-0.1, -0.05) is 20.8 Å². The topological polar surface area (TPSA) is 94.7 Å². The van der Waals surface area contributed by atoms with Crippen molar-refractivity contribution in [3.05, 3.63) is 24.0 Å². The first-order valence-electron chi connectivity index (χ1n) is 8.27. The van der Waals surface area contributed by atoms with Gasteiger partial charge in [-0.3, -0.25) is 4.79 Å². The molecule has 0 radical (unpaired) electrons. The lowest BCUT2D eigenvalue weighted by Gasteiger charge is -2.35. The number of aliphatic hydroxyl groups is 1. The number of carbonyl (C=O) groups excluding carboxylic acids is 2. The molecular weight excluding hydrogens is 310 g/mol. The average molecular weight is 337 g/mol. The number of piperidine rings is 1. The lowest BCUT2D eigenvalue weighted by atomic mass is 9.93. The predicted octanol–water partition coefficient (Wildman–Crippen LogP) is 1.61. The molecule has 7 nitrogen and oxygen atoms in total. The summed E-state index contributed by atoms with van der Waals surface area (Å²) in [5.41, 5.74) is 0.435. The van der Waals surface area contributed by atoms with Gasteiger partial charge in [0.2, 0.25) is 0 Å². The molecule has 134 valence electrons. The number of aliphatic hydroxyl groups excluding tert-OH is 1. The second-order valence-corrected chi connectivity index (χ2v) is 7.47. The summed E-state index contributed by atoms with van der Waals surface area (Å²) in [5.74, 6) is -0.199. The first-order chi connectivity index (χ1) is 11.3. The number of nitrogens with one attached hydrogen (secondary N) is 2. The van der Waals surface area contributed by atoms with E-state index in [1.807, 2.05) is 20.8 Å². The number of hydrogen-bond acceptors (Lipinski definition) is 4.